The molecule has 0 saturated heterocycles. The summed E-state index contributed by atoms with van der Waals surface area (Å²) in [5.41, 5.74) is 2.29. The van der Waals surface area contributed by atoms with E-state index in [4.69, 9.17) is 16.3 Å². The van der Waals surface area contributed by atoms with Crippen molar-refractivity contribution in [1.82, 2.24) is 0 Å². The molecule has 4 heteroatoms. The highest BCUT2D eigenvalue weighted by Crippen LogP contribution is 2.34. The molecule has 1 aliphatic rings. The number of benzene rings is 2. The van der Waals surface area contributed by atoms with Gasteiger partial charge in [-0.05, 0) is 42.0 Å². The number of rotatable bonds is 2. The molecule has 0 amide bonds. The smallest absolute Gasteiger partial charge is 0.196 e. The fraction of sp³-hybridized carbons (Fsp3) is 0.133. The van der Waals surface area contributed by atoms with E-state index in [0.717, 1.165) is 16.5 Å². The van der Waals surface area contributed by atoms with E-state index in [1.807, 2.05) is 6.07 Å². The van der Waals surface area contributed by atoms with Crippen LogP contribution >= 0.6 is 27.5 Å². The van der Waals surface area contributed by atoms with Crippen LogP contribution in [0.3, 0.4) is 0 Å². The molecule has 2 aromatic rings. The third-order valence-corrected chi connectivity index (χ3v) is 3.81. The molecule has 0 unspecified atom stereocenters. The van der Waals surface area contributed by atoms with Gasteiger partial charge in [0.05, 0.1) is 12.2 Å². The van der Waals surface area contributed by atoms with Crippen molar-refractivity contribution in [2.45, 2.75) is 6.42 Å². The first-order valence-electron chi connectivity index (χ1n) is 5.90. The first-order valence-corrected chi connectivity index (χ1v) is 7.08. The molecule has 0 radical (unpaired) electrons. The van der Waals surface area contributed by atoms with E-state index in [2.05, 4.69) is 15.9 Å². The molecule has 0 saturated carbocycles. The molecule has 3 rings (SSSR count). The molecule has 1 aliphatic heterocycles. The molecular formula is C15H10BrClO2. The largest absolute Gasteiger partial charge is 0.492 e. The van der Waals surface area contributed by atoms with Crippen molar-refractivity contribution in [2.75, 3.05) is 6.61 Å². The predicted molar refractivity (Wildman–Crippen MR) is 78.2 cm³/mol. The number of carbonyl (C=O) groups is 1. The van der Waals surface area contributed by atoms with Gasteiger partial charge in [0, 0.05) is 21.5 Å². The Bertz CT molecular complexity index is 650. The van der Waals surface area contributed by atoms with Crippen LogP contribution in [0.2, 0.25) is 5.02 Å². The molecule has 96 valence electrons. The number of ketones is 1. The van der Waals surface area contributed by atoms with E-state index in [-0.39, 0.29) is 5.78 Å². The lowest BCUT2D eigenvalue weighted by Gasteiger charge is -2.08. The molecule has 0 N–H and O–H groups in total. The van der Waals surface area contributed by atoms with Crippen LogP contribution < -0.4 is 4.74 Å². The summed E-state index contributed by atoms with van der Waals surface area (Å²) in [6, 6.07) is 10.7. The van der Waals surface area contributed by atoms with Gasteiger partial charge in [-0.2, -0.15) is 0 Å². The summed E-state index contributed by atoms with van der Waals surface area (Å²) < 4.78 is 6.48. The van der Waals surface area contributed by atoms with E-state index < -0.39 is 0 Å². The molecule has 19 heavy (non-hydrogen) atoms. The van der Waals surface area contributed by atoms with Crippen LogP contribution in [0.4, 0.5) is 0 Å². The predicted octanol–water partition coefficient (Wildman–Crippen LogP) is 4.27. The monoisotopic (exact) mass is 336 g/mol. The maximum absolute atomic E-state index is 12.5. The third-order valence-electron chi connectivity index (χ3n) is 3.10. The van der Waals surface area contributed by atoms with Crippen molar-refractivity contribution in [1.29, 1.82) is 0 Å². The summed E-state index contributed by atoms with van der Waals surface area (Å²) in [5.74, 6) is 0.666. The lowest BCUT2D eigenvalue weighted by atomic mass is 10.00. The first-order chi connectivity index (χ1) is 9.15. The van der Waals surface area contributed by atoms with Crippen LogP contribution in [-0.2, 0) is 6.42 Å². The Morgan fingerprint density at radius 1 is 1.21 bits per heavy atom. The molecule has 2 nitrogen and oxygen atoms in total. The lowest BCUT2D eigenvalue weighted by molar-refractivity contribution is 0.103. The highest BCUT2D eigenvalue weighted by Gasteiger charge is 2.22. The van der Waals surface area contributed by atoms with Gasteiger partial charge in [0.15, 0.2) is 5.78 Å². The minimum absolute atomic E-state index is 0.0453. The average molecular weight is 338 g/mol. The molecule has 0 spiro atoms. The molecule has 0 atom stereocenters. The van der Waals surface area contributed by atoms with Crippen LogP contribution in [0.25, 0.3) is 0 Å². The quantitative estimate of drug-likeness (QED) is 0.765. The standard InChI is InChI=1S/C15H10BrClO2/c16-11-7-10-5-6-19-15(10)13(8-11)14(18)9-1-3-12(17)4-2-9/h1-4,7-8H,5-6H2. The summed E-state index contributed by atoms with van der Waals surface area (Å²) in [4.78, 5) is 12.5. The number of hydrogen-bond acceptors (Lipinski definition) is 2. The van der Waals surface area contributed by atoms with Gasteiger partial charge < -0.3 is 4.74 Å². The van der Waals surface area contributed by atoms with E-state index in [9.17, 15) is 4.79 Å². The highest BCUT2D eigenvalue weighted by atomic mass is 79.9. The minimum Gasteiger partial charge on any atom is -0.492 e. The van der Waals surface area contributed by atoms with Crippen molar-refractivity contribution < 1.29 is 9.53 Å². The van der Waals surface area contributed by atoms with E-state index in [1.54, 1.807) is 30.3 Å². The van der Waals surface area contributed by atoms with E-state index in [1.165, 1.54) is 0 Å². The summed E-state index contributed by atoms with van der Waals surface area (Å²) in [6.07, 6.45) is 0.843. The molecule has 0 aromatic heterocycles. The van der Waals surface area contributed by atoms with Crippen LogP contribution in [0.1, 0.15) is 21.5 Å². The normalized spacial score (nSPS) is 12.9. The number of halogens is 2. The zero-order valence-corrected chi connectivity index (χ0v) is 12.3. The zero-order valence-electron chi connectivity index (χ0n) is 9.95. The summed E-state index contributed by atoms with van der Waals surface area (Å²) >= 11 is 9.28. The first kappa shape index (κ1) is 12.7. The van der Waals surface area contributed by atoms with Gasteiger partial charge in [0.2, 0.25) is 0 Å². The van der Waals surface area contributed by atoms with Crippen LogP contribution in [0.5, 0.6) is 5.75 Å². The average Bonchev–Trinajstić information content (AvgIpc) is 2.85. The van der Waals surface area contributed by atoms with Crippen molar-refractivity contribution >= 4 is 33.3 Å². The lowest BCUT2D eigenvalue weighted by Crippen LogP contribution is -2.03. The maximum Gasteiger partial charge on any atom is 0.196 e. The van der Waals surface area contributed by atoms with Gasteiger partial charge in [0.1, 0.15) is 5.75 Å². The Labute approximate surface area is 124 Å². The molecule has 0 aliphatic carbocycles. The fourth-order valence-electron chi connectivity index (χ4n) is 2.19. The molecule has 1 heterocycles. The second-order valence-electron chi connectivity index (χ2n) is 4.38. The summed E-state index contributed by atoms with van der Waals surface area (Å²) in [5, 5.41) is 0.618. The highest BCUT2D eigenvalue weighted by molar-refractivity contribution is 9.10. The number of carbonyl (C=O) groups excluding carboxylic acids is 1. The van der Waals surface area contributed by atoms with Gasteiger partial charge >= 0.3 is 0 Å². The maximum atomic E-state index is 12.5. The second kappa shape index (κ2) is 4.99. The number of fused-ring (bicyclic) bond motifs is 1. The van der Waals surface area contributed by atoms with E-state index in [0.29, 0.717) is 28.5 Å². The Balaban J connectivity index is 2.07. The topological polar surface area (TPSA) is 26.3 Å². The van der Waals surface area contributed by atoms with Crippen molar-refractivity contribution in [3.05, 3.63) is 62.6 Å². The SMILES string of the molecule is O=C(c1ccc(Cl)cc1)c1cc(Br)cc2c1OCC2. The van der Waals surface area contributed by atoms with Gasteiger partial charge in [-0.25, -0.2) is 0 Å². The van der Waals surface area contributed by atoms with E-state index >= 15 is 0 Å². The number of ether oxygens (including phenoxy) is 1. The van der Waals surface area contributed by atoms with Crippen LogP contribution in [0, 0.1) is 0 Å². The van der Waals surface area contributed by atoms with Gasteiger partial charge in [-0.3, -0.25) is 4.79 Å². The molecule has 0 fully saturated rings. The Kier molecular flexibility index (Phi) is 3.33. The molecule has 2 aromatic carbocycles. The van der Waals surface area contributed by atoms with Crippen LogP contribution in [-0.4, -0.2) is 12.4 Å². The van der Waals surface area contributed by atoms with Gasteiger partial charge in [-0.1, -0.05) is 27.5 Å². The minimum atomic E-state index is -0.0453. The Morgan fingerprint density at radius 3 is 2.68 bits per heavy atom. The summed E-state index contributed by atoms with van der Waals surface area (Å²) in [7, 11) is 0. The zero-order chi connectivity index (χ0) is 13.4. The van der Waals surface area contributed by atoms with Gasteiger partial charge in [-0.15, -0.1) is 0 Å². The Morgan fingerprint density at radius 2 is 1.95 bits per heavy atom. The van der Waals surface area contributed by atoms with Crippen LogP contribution in [0.15, 0.2) is 40.9 Å². The second-order valence-corrected chi connectivity index (χ2v) is 5.73. The fourth-order valence-corrected chi connectivity index (χ4v) is 2.83. The molecular weight excluding hydrogens is 328 g/mol. The Hall–Kier alpha value is -1.32. The van der Waals surface area contributed by atoms with Gasteiger partial charge in [0.25, 0.3) is 0 Å². The third kappa shape index (κ3) is 2.40. The van der Waals surface area contributed by atoms with Crippen molar-refractivity contribution in [3.63, 3.8) is 0 Å². The number of hydrogen-bond donors (Lipinski definition) is 0. The van der Waals surface area contributed by atoms with Crippen molar-refractivity contribution in [3.8, 4) is 5.75 Å². The molecule has 0 bridgehead atoms. The van der Waals surface area contributed by atoms with Crippen molar-refractivity contribution in [2.24, 2.45) is 0 Å². The summed E-state index contributed by atoms with van der Waals surface area (Å²) in [6.45, 7) is 0.632.